The molecule has 0 amide bonds. The molecule has 0 aliphatic heterocycles. The quantitative estimate of drug-likeness (QED) is 0.495. The summed E-state index contributed by atoms with van der Waals surface area (Å²) in [6.45, 7) is 4.01. The van der Waals surface area contributed by atoms with Crippen LogP contribution in [0.3, 0.4) is 0 Å². The van der Waals surface area contributed by atoms with Gasteiger partial charge in [-0.05, 0) is 29.3 Å². The molecule has 0 atom stereocenters. The number of ether oxygens (including phenoxy) is 2. The topological polar surface area (TPSA) is 18.5 Å². The Morgan fingerprint density at radius 2 is 1.52 bits per heavy atom. The first kappa shape index (κ1) is 18.6. The first-order valence-corrected chi connectivity index (χ1v) is 8.24. The number of hydrogen-bond donors (Lipinski definition) is 0. The summed E-state index contributed by atoms with van der Waals surface area (Å²) in [5.74, 6) is 0.179. The van der Waals surface area contributed by atoms with E-state index < -0.39 is 6.36 Å². The third kappa shape index (κ3) is 4.91. The van der Waals surface area contributed by atoms with Crippen molar-refractivity contribution in [2.24, 2.45) is 0 Å². The minimum absolute atomic E-state index is 0.282. The van der Waals surface area contributed by atoms with Gasteiger partial charge in [-0.15, -0.1) is 13.2 Å². The van der Waals surface area contributed by atoms with E-state index in [4.69, 9.17) is 4.74 Å². The molecule has 0 saturated heterocycles. The van der Waals surface area contributed by atoms with Crippen LogP contribution in [-0.4, -0.2) is 6.36 Å². The fourth-order valence-electron chi connectivity index (χ4n) is 2.65. The van der Waals surface area contributed by atoms with Crippen LogP contribution in [0.25, 0.3) is 17.2 Å². The summed E-state index contributed by atoms with van der Waals surface area (Å²) in [6.07, 6.45) is -3.16. The summed E-state index contributed by atoms with van der Waals surface area (Å²) >= 11 is 0. The third-order valence-electron chi connectivity index (χ3n) is 3.88. The van der Waals surface area contributed by atoms with Gasteiger partial charge in [0.15, 0.2) is 0 Å². The van der Waals surface area contributed by atoms with Crippen molar-refractivity contribution in [3.8, 4) is 22.6 Å². The standard InChI is InChI=1S/C22H17F3O2/c1-2-16-12-13-20(26-15-17-8-4-3-5-9-17)19(14-16)18-10-6-7-11-21(18)27-22(23,24)25/h2-14H,1,15H2. The fourth-order valence-corrected chi connectivity index (χ4v) is 2.65. The Hall–Kier alpha value is -3.21. The second kappa shape index (κ2) is 7.99. The van der Waals surface area contributed by atoms with Crippen molar-refractivity contribution in [1.29, 1.82) is 0 Å². The first-order valence-electron chi connectivity index (χ1n) is 8.24. The van der Waals surface area contributed by atoms with Crippen LogP contribution in [-0.2, 0) is 6.61 Å². The highest BCUT2D eigenvalue weighted by Gasteiger charge is 2.32. The van der Waals surface area contributed by atoms with Crippen molar-refractivity contribution in [2.75, 3.05) is 0 Å². The molecule has 5 heteroatoms. The lowest BCUT2D eigenvalue weighted by Crippen LogP contribution is -2.17. The summed E-state index contributed by atoms with van der Waals surface area (Å²) in [5, 5.41) is 0. The molecule has 0 radical (unpaired) electrons. The Morgan fingerprint density at radius 1 is 0.815 bits per heavy atom. The van der Waals surface area contributed by atoms with Crippen molar-refractivity contribution in [2.45, 2.75) is 13.0 Å². The molecule has 0 saturated carbocycles. The first-order chi connectivity index (χ1) is 13.0. The molecule has 3 aromatic carbocycles. The third-order valence-corrected chi connectivity index (χ3v) is 3.88. The summed E-state index contributed by atoms with van der Waals surface area (Å²) in [5.41, 5.74) is 2.51. The van der Waals surface area contributed by atoms with Gasteiger partial charge in [-0.3, -0.25) is 0 Å². The smallest absolute Gasteiger partial charge is 0.488 e. The molecule has 0 N–H and O–H groups in total. The Balaban J connectivity index is 2.00. The Morgan fingerprint density at radius 3 is 2.22 bits per heavy atom. The van der Waals surface area contributed by atoms with Crippen LogP contribution < -0.4 is 9.47 Å². The van der Waals surface area contributed by atoms with Crippen LogP contribution in [0.2, 0.25) is 0 Å². The lowest BCUT2D eigenvalue weighted by atomic mass is 10.0. The Bertz CT molecular complexity index is 918. The van der Waals surface area contributed by atoms with Gasteiger partial charge >= 0.3 is 6.36 Å². The van der Waals surface area contributed by atoms with Crippen LogP contribution in [0.15, 0.2) is 79.4 Å². The predicted molar refractivity (Wildman–Crippen MR) is 99.4 cm³/mol. The number of alkyl halides is 3. The monoisotopic (exact) mass is 370 g/mol. The van der Waals surface area contributed by atoms with Crippen molar-refractivity contribution >= 4 is 6.08 Å². The minimum Gasteiger partial charge on any atom is -0.488 e. The van der Waals surface area contributed by atoms with E-state index in [9.17, 15) is 13.2 Å². The normalized spacial score (nSPS) is 11.1. The van der Waals surface area contributed by atoms with Gasteiger partial charge in [-0.1, -0.05) is 67.3 Å². The Kier molecular flexibility index (Phi) is 5.50. The van der Waals surface area contributed by atoms with E-state index in [1.165, 1.54) is 12.1 Å². The number of hydrogen-bond acceptors (Lipinski definition) is 2. The minimum atomic E-state index is -4.78. The van der Waals surface area contributed by atoms with Gasteiger partial charge in [0.25, 0.3) is 0 Å². The average Bonchev–Trinajstić information content (AvgIpc) is 2.66. The van der Waals surface area contributed by atoms with Gasteiger partial charge in [0.1, 0.15) is 18.1 Å². The van der Waals surface area contributed by atoms with Crippen molar-refractivity contribution in [1.82, 2.24) is 0 Å². The lowest BCUT2D eigenvalue weighted by molar-refractivity contribution is -0.274. The fraction of sp³-hybridized carbons (Fsp3) is 0.0909. The summed E-state index contributed by atoms with van der Waals surface area (Å²) in [4.78, 5) is 0. The van der Waals surface area contributed by atoms with Crippen LogP contribution >= 0.6 is 0 Å². The number of halogens is 3. The maximum absolute atomic E-state index is 12.8. The van der Waals surface area contributed by atoms with E-state index in [1.54, 1.807) is 36.4 Å². The molecule has 138 valence electrons. The van der Waals surface area contributed by atoms with E-state index in [2.05, 4.69) is 11.3 Å². The van der Waals surface area contributed by atoms with Gasteiger partial charge in [0.2, 0.25) is 0 Å². The molecule has 0 bridgehead atoms. The molecular weight excluding hydrogens is 353 g/mol. The molecule has 27 heavy (non-hydrogen) atoms. The zero-order valence-electron chi connectivity index (χ0n) is 14.4. The molecule has 0 aliphatic rings. The van der Waals surface area contributed by atoms with Gasteiger partial charge in [0, 0.05) is 11.1 Å². The molecule has 0 aliphatic carbocycles. The molecular formula is C22H17F3O2. The van der Waals surface area contributed by atoms with Gasteiger partial charge in [0.05, 0.1) is 0 Å². The molecule has 3 aromatic rings. The van der Waals surface area contributed by atoms with E-state index in [0.717, 1.165) is 11.1 Å². The highest BCUT2D eigenvalue weighted by molar-refractivity contribution is 5.78. The summed E-state index contributed by atoms with van der Waals surface area (Å²) in [7, 11) is 0. The average molecular weight is 370 g/mol. The van der Waals surface area contributed by atoms with Gasteiger partial charge < -0.3 is 9.47 Å². The van der Waals surface area contributed by atoms with Gasteiger partial charge in [-0.2, -0.15) is 0 Å². The lowest BCUT2D eigenvalue weighted by Gasteiger charge is -2.17. The highest BCUT2D eigenvalue weighted by Crippen LogP contribution is 2.39. The number of rotatable bonds is 6. The van der Waals surface area contributed by atoms with Crippen LogP contribution in [0.1, 0.15) is 11.1 Å². The van der Waals surface area contributed by atoms with Crippen molar-refractivity contribution in [3.63, 3.8) is 0 Å². The SMILES string of the molecule is C=Cc1ccc(OCc2ccccc2)c(-c2ccccc2OC(F)(F)F)c1. The molecule has 0 heterocycles. The molecule has 2 nitrogen and oxygen atoms in total. The van der Waals surface area contributed by atoms with Crippen LogP contribution in [0.5, 0.6) is 11.5 Å². The molecule has 3 rings (SSSR count). The van der Waals surface area contributed by atoms with E-state index >= 15 is 0 Å². The molecule has 0 unspecified atom stereocenters. The largest absolute Gasteiger partial charge is 0.573 e. The zero-order valence-corrected chi connectivity index (χ0v) is 14.4. The number of benzene rings is 3. The maximum Gasteiger partial charge on any atom is 0.573 e. The summed E-state index contributed by atoms with van der Waals surface area (Å²) < 4.78 is 48.4. The highest BCUT2D eigenvalue weighted by atomic mass is 19.4. The van der Waals surface area contributed by atoms with Crippen molar-refractivity contribution < 1.29 is 22.6 Å². The number of para-hydroxylation sites is 1. The summed E-state index contributed by atoms with van der Waals surface area (Å²) in [6, 6.07) is 20.8. The molecule has 0 fully saturated rings. The second-order valence-electron chi connectivity index (χ2n) is 5.78. The molecule has 0 aromatic heterocycles. The zero-order chi connectivity index (χ0) is 19.3. The van der Waals surface area contributed by atoms with Crippen LogP contribution in [0.4, 0.5) is 13.2 Å². The predicted octanol–water partition coefficient (Wildman–Crippen LogP) is 6.47. The van der Waals surface area contributed by atoms with Gasteiger partial charge in [-0.25, -0.2) is 0 Å². The van der Waals surface area contributed by atoms with Crippen LogP contribution in [0, 0.1) is 0 Å². The van der Waals surface area contributed by atoms with E-state index in [1.807, 2.05) is 30.3 Å². The van der Waals surface area contributed by atoms with Crippen molar-refractivity contribution in [3.05, 3.63) is 90.5 Å². The maximum atomic E-state index is 12.8. The van der Waals surface area contributed by atoms with E-state index in [0.29, 0.717) is 23.5 Å². The Labute approximate surface area is 155 Å². The van der Waals surface area contributed by atoms with E-state index in [-0.39, 0.29) is 5.75 Å². The molecule has 0 spiro atoms. The second-order valence-corrected chi connectivity index (χ2v) is 5.78.